The number of nitrogens with zero attached hydrogens (tertiary/aromatic N) is 1. The number of halogens is 1. The van der Waals surface area contributed by atoms with Crippen LogP contribution in [0.2, 0.25) is 0 Å². The number of hydrogen-bond donors (Lipinski definition) is 0. The van der Waals surface area contributed by atoms with E-state index in [0.717, 1.165) is 21.4 Å². The lowest BCUT2D eigenvalue weighted by Gasteiger charge is -2.00. The number of aromatic nitrogens is 1. The molecule has 2 heteroatoms. The minimum atomic E-state index is 0.901. The van der Waals surface area contributed by atoms with E-state index < -0.39 is 0 Å². The first-order valence-electron chi connectivity index (χ1n) is 3.40. The van der Waals surface area contributed by atoms with Crippen molar-refractivity contribution in [2.24, 2.45) is 0 Å². The van der Waals surface area contributed by atoms with Gasteiger partial charge in [-0.15, -0.1) is 0 Å². The minimum absolute atomic E-state index is 0.901. The minimum Gasteiger partial charge on any atom is -0.241 e. The summed E-state index contributed by atoms with van der Waals surface area (Å²) >= 11 is 3.36. The van der Waals surface area contributed by atoms with Crippen LogP contribution in [0, 0.1) is 6.92 Å². The van der Waals surface area contributed by atoms with Crippen molar-refractivity contribution in [2.75, 3.05) is 0 Å². The maximum absolute atomic E-state index is 4.29. The van der Waals surface area contributed by atoms with Crippen molar-refractivity contribution in [3.8, 4) is 0 Å². The third kappa shape index (κ3) is 1.90. The summed E-state index contributed by atoms with van der Waals surface area (Å²) < 4.78 is 0.901. The molecule has 1 heterocycles. The fraction of sp³-hybridized carbons (Fsp3) is 0.222. The van der Waals surface area contributed by atoms with Crippen LogP contribution >= 0.6 is 15.9 Å². The molecule has 0 bridgehead atoms. The molecule has 0 aliphatic rings. The summed E-state index contributed by atoms with van der Waals surface area (Å²) in [5, 5.41) is 0. The Morgan fingerprint density at radius 3 is 2.64 bits per heavy atom. The van der Waals surface area contributed by atoms with Crippen molar-refractivity contribution in [3.63, 3.8) is 0 Å². The van der Waals surface area contributed by atoms with Crippen LogP contribution in [0.3, 0.4) is 0 Å². The van der Waals surface area contributed by atoms with Crippen molar-refractivity contribution >= 4 is 21.5 Å². The zero-order valence-corrected chi connectivity index (χ0v) is 8.27. The van der Waals surface area contributed by atoms with Crippen LogP contribution in [0.25, 0.3) is 5.57 Å². The van der Waals surface area contributed by atoms with E-state index in [-0.39, 0.29) is 0 Å². The van der Waals surface area contributed by atoms with E-state index in [4.69, 9.17) is 0 Å². The van der Waals surface area contributed by atoms with E-state index in [1.54, 1.807) is 0 Å². The summed E-state index contributed by atoms with van der Waals surface area (Å²) in [5.74, 6) is 0. The van der Waals surface area contributed by atoms with Gasteiger partial charge in [-0.05, 0) is 47.0 Å². The third-order valence-electron chi connectivity index (χ3n) is 1.47. The number of hydrogen-bond acceptors (Lipinski definition) is 1. The summed E-state index contributed by atoms with van der Waals surface area (Å²) in [6.45, 7) is 7.77. The van der Waals surface area contributed by atoms with Crippen LogP contribution in [0.1, 0.15) is 18.2 Å². The normalized spacial score (nSPS) is 9.73. The van der Waals surface area contributed by atoms with Gasteiger partial charge in [0.2, 0.25) is 0 Å². The Bertz CT molecular complexity index is 292. The fourth-order valence-corrected chi connectivity index (χ4v) is 1.06. The SMILES string of the molecule is C=C(C)c1ccc(C)c(Br)n1. The van der Waals surface area contributed by atoms with Crippen molar-refractivity contribution < 1.29 is 0 Å². The van der Waals surface area contributed by atoms with Crippen LogP contribution in [0.5, 0.6) is 0 Å². The highest BCUT2D eigenvalue weighted by molar-refractivity contribution is 9.10. The monoisotopic (exact) mass is 211 g/mol. The molecule has 1 aromatic rings. The molecule has 0 atom stereocenters. The van der Waals surface area contributed by atoms with E-state index in [1.165, 1.54) is 0 Å². The van der Waals surface area contributed by atoms with Crippen molar-refractivity contribution in [3.05, 3.63) is 34.6 Å². The molecule has 58 valence electrons. The highest BCUT2D eigenvalue weighted by Crippen LogP contribution is 2.16. The molecule has 1 nitrogen and oxygen atoms in total. The second-order valence-electron chi connectivity index (χ2n) is 2.58. The maximum atomic E-state index is 4.29. The Hall–Kier alpha value is -0.630. The van der Waals surface area contributed by atoms with Crippen LogP contribution < -0.4 is 0 Å². The summed E-state index contributed by atoms with van der Waals surface area (Å²) in [7, 11) is 0. The van der Waals surface area contributed by atoms with Crippen molar-refractivity contribution in [1.29, 1.82) is 0 Å². The van der Waals surface area contributed by atoms with E-state index >= 15 is 0 Å². The highest BCUT2D eigenvalue weighted by atomic mass is 79.9. The lowest BCUT2D eigenvalue weighted by atomic mass is 10.2. The topological polar surface area (TPSA) is 12.9 Å². The van der Waals surface area contributed by atoms with Crippen molar-refractivity contribution in [1.82, 2.24) is 4.98 Å². The van der Waals surface area contributed by atoms with E-state index in [2.05, 4.69) is 27.5 Å². The molecule has 1 aromatic heterocycles. The number of allylic oxidation sites excluding steroid dienone is 1. The van der Waals surface area contributed by atoms with E-state index in [1.807, 2.05) is 26.0 Å². The molecule has 0 aliphatic carbocycles. The predicted molar refractivity (Wildman–Crippen MR) is 51.4 cm³/mol. The Labute approximate surface area is 75.3 Å². The van der Waals surface area contributed by atoms with Crippen LogP contribution in [0.4, 0.5) is 0 Å². The quantitative estimate of drug-likeness (QED) is 0.651. The van der Waals surface area contributed by atoms with Gasteiger partial charge in [0.1, 0.15) is 4.60 Å². The lowest BCUT2D eigenvalue weighted by Crippen LogP contribution is -1.87. The molecule has 0 aromatic carbocycles. The Morgan fingerprint density at radius 2 is 2.18 bits per heavy atom. The molecule has 1 rings (SSSR count). The predicted octanol–water partition coefficient (Wildman–Crippen LogP) is 3.19. The number of pyridine rings is 1. The average Bonchev–Trinajstić information content (AvgIpc) is 1.94. The van der Waals surface area contributed by atoms with Crippen molar-refractivity contribution in [2.45, 2.75) is 13.8 Å². The van der Waals surface area contributed by atoms with E-state index in [0.29, 0.717) is 0 Å². The van der Waals surface area contributed by atoms with Gasteiger partial charge >= 0.3 is 0 Å². The number of aryl methyl sites for hydroxylation is 1. The molecule has 0 unspecified atom stereocenters. The summed E-state index contributed by atoms with van der Waals surface area (Å²) in [6, 6.07) is 4.00. The second-order valence-corrected chi connectivity index (χ2v) is 3.34. The van der Waals surface area contributed by atoms with Gasteiger partial charge in [-0.3, -0.25) is 0 Å². The fourth-order valence-electron chi connectivity index (χ4n) is 0.742. The van der Waals surface area contributed by atoms with Gasteiger partial charge in [0.25, 0.3) is 0 Å². The molecule has 0 saturated carbocycles. The zero-order valence-electron chi connectivity index (χ0n) is 6.69. The standard InChI is InChI=1S/C9H10BrN/c1-6(2)8-5-4-7(3)9(10)11-8/h4-5H,1H2,2-3H3. The molecular formula is C9H10BrN. The van der Waals surface area contributed by atoms with Gasteiger partial charge in [-0.2, -0.15) is 0 Å². The molecule has 0 fully saturated rings. The Kier molecular flexibility index (Phi) is 2.45. The van der Waals surface area contributed by atoms with Gasteiger partial charge in [-0.1, -0.05) is 12.6 Å². The molecule has 0 aliphatic heterocycles. The first-order valence-corrected chi connectivity index (χ1v) is 4.19. The van der Waals surface area contributed by atoms with Gasteiger partial charge in [-0.25, -0.2) is 4.98 Å². The summed E-state index contributed by atoms with van der Waals surface area (Å²) in [6.07, 6.45) is 0. The maximum Gasteiger partial charge on any atom is 0.109 e. The number of rotatable bonds is 1. The van der Waals surface area contributed by atoms with Crippen LogP contribution in [0.15, 0.2) is 23.3 Å². The first-order chi connectivity index (χ1) is 5.11. The average molecular weight is 212 g/mol. The largest absolute Gasteiger partial charge is 0.241 e. The zero-order chi connectivity index (χ0) is 8.43. The molecule has 0 amide bonds. The molecule has 0 N–H and O–H groups in total. The Balaban J connectivity index is 3.15. The van der Waals surface area contributed by atoms with Gasteiger partial charge in [0.15, 0.2) is 0 Å². The molecule has 0 spiro atoms. The Morgan fingerprint density at radius 1 is 1.55 bits per heavy atom. The first kappa shape index (κ1) is 8.47. The highest BCUT2D eigenvalue weighted by Gasteiger charge is 1.98. The summed E-state index contributed by atoms with van der Waals surface area (Å²) in [4.78, 5) is 4.29. The molecule has 0 saturated heterocycles. The summed E-state index contributed by atoms with van der Waals surface area (Å²) in [5.41, 5.74) is 3.09. The van der Waals surface area contributed by atoms with Crippen LogP contribution in [-0.4, -0.2) is 4.98 Å². The van der Waals surface area contributed by atoms with Gasteiger partial charge in [0.05, 0.1) is 5.69 Å². The molecular weight excluding hydrogens is 202 g/mol. The van der Waals surface area contributed by atoms with E-state index in [9.17, 15) is 0 Å². The molecule has 0 radical (unpaired) electrons. The van der Waals surface area contributed by atoms with Crippen LogP contribution in [-0.2, 0) is 0 Å². The smallest absolute Gasteiger partial charge is 0.109 e. The van der Waals surface area contributed by atoms with Gasteiger partial charge in [0, 0.05) is 0 Å². The second kappa shape index (κ2) is 3.18. The third-order valence-corrected chi connectivity index (χ3v) is 2.28. The van der Waals surface area contributed by atoms with Gasteiger partial charge < -0.3 is 0 Å². The molecule has 11 heavy (non-hydrogen) atoms. The lowest BCUT2D eigenvalue weighted by molar-refractivity contribution is 1.18.